The molecule has 0 N–H and O–H groups in total. The fourth-order valence-electron chi connectivity index (χ4n) is 4.90. The average Bonchev–Trinajstić information content (AvgIpc) is 3.09. The van der Waals surface area contributed by atoms with Gasteiger partial charge in [-0.15, -0.1) is 11.3 Å². The predicted octanol–water partition coefficient (Wildman–Crippen LogP) is 5.38. The molecule has 0 spiro atoms. The number of thiophene rings is 1. The number of aryl methyl sites for hydroxylation is 1. The van der Waals surface area contributed by atoms with Gasteiger partial charge in [-0.2, -0.15) is 0 Å². The van der Waals surface area contributed by atoms with Crippen LogP contribution in [0, 0.1) is 11.3 Å². The Morgan fingerprint density at radius 2 is 1.97 bits per heavy atom. The first-order chi connectivity index (χ1) is 14.3. The maximum absolute atomic E-state index is 13.8. The fourth-order valence-corrected chi connectivity index (χ4v) is 7.14. The van der Waals surface area contributed by atoms with E-state index in [9.17, 15) is 9.59 Å². The molecule has 0 bridgehead atoms. The van der Waals surface area contributed by atoms with Crippen LogP contribution in [0.1, 0.15) is 75.8 Å². The third-order valence-corrected chi connectivity index (χ3v) is 8.87. The summed E-state index contributed by atoms with van der Waals surface area (Å²) in [6.45, 7) is 6.93. The van der Waals surface area contributed by atoms with Gasteiger partial charge in [0.1, 0.15) is 4.83 Å². The number of ether oxygens (including phenoxy) is 1. The van der Waals surface area contributed by atoms with E-state index < -0.39 is 0 Å². The molecule has 5 nitrogen and oxygen atoms in total. The summed E-state index contributed by atoms with van der Waals surface area (Å²) in [7, 11) is 1.40. The largest absolute Gasteiger partial charge is 0.468 e. The van der Waals surface area contributed by atoms with Crippen LogP contribution in [0.4, 0.5) is 0 Å². The molecule has 0 unspecified atom stereocenters. The van der Waals surface area contributed by atoms with Crippen molar-refractivity contribution < 1.29 is 9.53 Å². The molecular weight excluding hydrogens is 416 g/mol. The first-order valence-corrected chi connectivity index (χ1v) is 12.9. The van der Waals surface area contributed by atoms with E-state index in [4.69, 9.17) is 9.72 Å². The second-order valence-electron chi connectivity index (χ2n) is 9.72. The number of nitrogens with zero attached hydrogens (tertiary/aromatic N) is 2. The van der Waals surface area contributed by atoms with E-state index in [1.54, 1.807) is 11.3 Å². The predicted molar refractivity (Wildman–Crippen MR) is 124 cm³/mol. The second-order valence-corrected chi connectivity index (χ2v) is 11.7. The number of carbonyl (C=O) groups excluding carboxylic acids is 1. The number of fused-ring (bicyclic) bond motifs is 3. The van der Waals surface area contributed by atoms with Crippen LogP contribution in [0.2, 0.25) is 0 Å². The number of hydrogen-bond acceptors (Lipinski definition) is 6. The Morgan fingerprint density at radius 1 is 1.23 bits per heavy atom. The smallest absolute Gasteiger partial charge is 0.316 e. The summed E-state index contributed by atoms with van der Waals surface area (Å²) in [5.41, 5.74) is 1.61. The lowest BCUT2D eigenvalue weighted by molar-refractivity contribution is -0.137. The minimum Gasteiger partial charge on any atom is -0.468 e. The Kier molecular flexibility index (Phi) is 6.31. The lowest BCUT2D eigenvalue weighted by Crippen LogP contribution is -2.30. The highest BCUT2D eigenvalue weighted by Crippen LogP contribution is 2.43. The quantitative estimate of drug-likeness (QED) is 0.357. The molecule has 1 saturated carbocycles. The molecule has 1 atom stereocenters. The van der Waals surface area contributed by atoms with Gasteiger partial charge in [-0.05, 0) is 49.0 Å². The van der Waals surface area contributed by atoms with E-state index in [1.165, 1.54) is 35.7 Å². The third-order valence-electron chi connectivity index (χ3n) is 6.79. The van der Waals surface area contributed by atoms with E-state index in [0.717, 1.165) is 55.2 Å². The highest BCUT2D eigenvalue weighted by Gasteiger charge is 2.33. The van der Waals surface area contributed by atoms with E-state index in [2.05, 4.69) is 20.8 Å². The summed E-state index contributed by atoms with van der Waals surface area (Å²) in [6.07, 6.45) is 8.67. The first-order valence-electron chi connectivity index (χ1n) is 11.1. The van der Waals surface area contributed by atoms with Crippen molar-refractivity contribution in [2.75, 3.05) is 12.9 Å². The Balaban J connectivity index is 1.80. The number of rotatable bonds is 4. The van der Waals surface area contributed by atoms with Crippen molar-refractivity contribution in [2.24, 2.45) is 11.3 Å². The van der Waals surface area contributed by atoms with Crippen molar-refractivity contribution in [1.82, 2.24) is 9.55 Å². The molecule has 0 aliphatic heterocycles. The van der Waals surface area contributed by atoms with Gasteiger partial charge >= 0.3 is 5.97 Å². The molecule has 0 radical (unpaired) electrons. The van der Waals surface area contributed by atoms with Gasteiger partial charge in [0.25, 0.3) is 5.56 Å². The van der Waals surface area contributed by atoms with Gasteiger partial charge in [0.15, 0.2) is 5.16 Å². The second kappa shape index (κ2) is 8.65. The zero-order valence-corrected chi connectivity index (χ0v) is 20.1. The lowest BCUT2D eigenvalue weighted by atomic mass is 9.72. The summed E-state index contributed by atoms with van der Waals surface area (Å²) in [5, 5.41) is 1.52. The van der Waals surface area contributed by atoms with Crippen molar-refractivity contribution in [3.05, 3.63) is 20.8 Å². The molecule has 0 amide bonds. The van der Waals surface area contributed by atoms with Crippen molar-refractivity contribution in [3.8, 4) is 0 Å². The molecule has 2 aromatic heterocycles. The van der Waals surface area contributed by atoms with Gasteiger partial charge in [0, 0.05) is 10.9 Å². The van der Waals surface area contributed by atoms with Gasteiger partial charge in [0.2, 0.25) is 0 Å². The number of esters is 1. The average molecular weight is 449 g/mol. The molecule has 2 heterocycles. The molecule has 164 valence electrons. The first kappa shape index (κ1) is 21.9. The van der Waals surface area contributed by atoms with Crippen LogP contribution in [-0.4, -0.2) is 28.4 Å². The van der Waals surface area contributed by atoms with Crippen LogP contribution >= 0.6 is 23.1 Å². The Hall–Kier alpha value is -1.34. The molecule has 0 saturated heterocycles. The van der Waals surface area contributed by atoms with Gasteiger partial charge < -0.3 is 4.74 Å². The van der Waals surface area contributed by atoms with Crippen LogP contribution in [0.5, 0.6) is 0 Å². The topological polar surface area (TPSA) is 61.2 Å². The Bertz CT molecular complexity index is 997. The molecule has 1 fully saturated rings. The summed E-state index contributed by atoms with van der Waals surface area (Å²) in [5.74, 6) is 0.521. The van der Waals surface area contributed by atoms with Gasteiger partial charge in [-0.25, -0.2) is 4.98 Å². The summed E-state index contributed by atoms with van der Waals surface area (Å²) in [4.78, 5) is 32.7. The number of thioether (sulfide) groups is 1. The number of methoxy groups -OCH3 is 1. The van der Waals surface area contributed by atoms with Crippen LogP contribution in [-0.2, 0) is 22.4 Å². The SMILES string of the molecule is COC(=O)CSc1nc2sc3c(c2c(=O)n1C1CCCCC1)CC[C@@H](C(C)(C)C)C3. The van der Waals surface area contributed by atoms with Crippen molar-refractivity contribution in [2.45, 2.75) is 83.3 Å². The van der Waals surface area contributed by atoms with Crippen LogP contribution in [0.25, 0.3) is 10.2 Å². The highest BCUT2D eigenvalue weighted by atomic mass is 32.2. The van der Waals surface area contributed by atoms with E-state index in [0.29, 0.717) is 11.1 Å². The normalized spacial score (nSPS) is 20.3. The number of aromatic nitrogens is 2. The minimum absolute atomic E-state index is 0.103. The molecule has 4 rings (SSSR count). The Morgan fingerprint density at radius 3 is 2.63 bits per heavy atom. The van der Waals surface area contributed by atoms with Gasteiger partial charge in [-0.1, -0.05) is 51.8 Å². The van der Waals surface area contributed by atoms with Gasteiger partial charge in [-0.3, -0.25) is 14.2 Å². The summed E-state index contributed by atoms with van der Waals surface area (Å²) < 4.78 is 6.73. The third kappa shape index (κ3) is 4.20. The number of carbonyl (C=O) groups is 1. The van der Waals surface area contributed by atoms with E-state index in [1.807, 2.05) is 4.57 Å². The van der Waals surface area contributed by atoms with Crippen molar-refractivity contribution in [3.63, 3.8) is 0 Å². The minimum atomic E-state index is -0.289. The monoisotopic (exact) mass is 448 g/mol. The molecule has 30 heavy (non-hydrogen) atoms. The molecule has 2 aliphatic carbocycles. The van der Waals surface area contributed by atoms with E-state index >= 15 is 0 Å². The van der Waals surface area contributed by atoms with E-state index in [-0.39, 0.29) is 28.7 Å². The summed E-state index contributed by atoms with van der Waals surface area (Å²) in [6, 6.07) is 0.185. The molecule has 2 aliphatic rings. The number of hydrogen-bond donors (Lipinski definition) is 0. The standard InChI is InChI=1S/C23H32N2O3S2/c1-23(2,3)14-10-11-16-17(12-14)30-20-19(16)21(27)25(15-8-6-5-7-9-15)22(24-20)29-13-18(26)28-4/h14-15H,5-13H2,1-4H3/t14-/m1/s1. The van der Waals surface area contributed by atoms with Crippen molar-refractivity contribution >= 4 is 39.3 Å². The maximum atomic E-state index is 13.8. The molecule has 0 aromatic carbocycles. The zero-order chi connectivity index (χ0) is 21.5. The van der Waals surface area contributed by atoms with Crippen LogP contribution < -0.4 is 5.56 Å². The van der Waals surface area contributed by atoms with Crippen LogP contribution in [0.15, 0.2) is 9.95 Å². The molecule has 2 aromatic rings. The van der Waals surface area contributed by atoms with Crippen LogP contribution in [0.3, 0.4) is 0 Å². The molecular formula is C23H32N2O3S2. The Labute approximate surface area is 186 Å². The van der Waals surface area contributed by atoms with Gasteiger partial charge in [0.05, 0.1) is 18.2 Å². The maximum Gasteiger partial charge on any atom is 0.316 e. The zero-order valence-electron chi connectivity index (χ0n) is 18.5. The fraction of sp³-hybridized carbons (Fsp3) is 0.696. The van der Waals surface area contributed by atoms with Crippen molar-refractivity contribution in [1.29, 1.82) is 0 Å². The lowest BCUT2D eigenvalue weighted by Gasteiger charge is -2.33. The summed E-state index contributed by atoms with van der Waals surface area (Å²) >= 11 is 3.03. The molecule has 7 heteroatoms. The highest BCUT2D eigenvalue weighted by molar-refractivity contribution is 7.99.